The third-order valence-corrected chi connectivity index (χ3v) is 3.25. The van der Waals surface area contributed by atoms with Crippen molar-refractivity contribution in [3.05, 3.63) is 35.7 Å². The van der Waals surface area contributed by atoms with Crippen LogP contribution in [0.5, 0.6) is 0 Å². The molecule has 1 aliphatic carbocycles. The number of pyridine rings is 1. The monoisotopic (exact) mass is 245 g/mol. The quantitative estimate of drug-likeness (QED) is 0.768. The average molecular weight is 245 g/mol. The standard InChI is InChI=1S/C15H19NO2/c1-3-18-15(17)13-9-7-12(8-10-13)14-6-4-5-11(2)16-14/h4-7,13H,3,8-10H2,1-2H3/t13-/m1/s1. The Morgan fingerprint density at radius 2 is 2.33 bits per heavy atom. The molecule has 1 heterocycles. The summed E-state index contributed by atoms with van der Waals surface area (Å²) in [5.74, 6) is -0.0384. The summed E-state index contributed by atoms with van der Waals surface area (Å²) in [6.07, 6.45) is 4.66. The molecule has 0 amide bonds. The minimum absolute atomic E-state index is 0.0264. The highest BCUT2D eigenvalue weighted by Gasteiger charge is 2.23. The van der Waals surface area contributed by atoms with Crippen LogP contribution < -0.4 is 0 Å². The smallest absolute Gasteiger partial charge is 0.309 e. The first-order valence-corrected chi connectivity index (χ1v) is 6.50. The first kappa shape index (κ1) is 12.8. The van der Waals surface area contributed by atoms with Crippen LogP contribution in [0.25, 0.3) is 5.57 Å². The van der Waals surface area contributed by atoms with Crippen LogP contribution in [0, 0.1) is 12.8 Å². The molecule has 3 heteroatoms. The van der Waals surface area contributed by atoms with Gasteiger partial charge in [0.2, 0.25) is 0 Å². The van der Waals surface area contributed by atoms with Gasteiger partial charge in [-0.15, -0.1) is 0 Å². The molecule has 0 unspecified atom stereocenters. The summed E-state index contributed by atoms with van der Waals surface area (Å²) in [6.45, 7) is 4.30. The van der Waals surface area contributed by atoms with Gasteiger partial charge in [-0.3, -0.25) is 9.78 Å². The molecule has 0 N–H and O–H groups in total. The molecular formula is C15H19NO2. The summed E-state index contributed by atoms with van der Waals surface area (Å²) >= 11 is 0. The summed E-state index contributed by atoms with van der Waals surface area (Å²) in [4.78, 5) is 16.1. The second-order valence-corrected chi connectivity index (χ2v) is 4.62. The predicted molar refractivity (Wildman–Crippen MR) is 70.9 cm³/mol. The highest BCUT2D eigenvalue weighted by Crippen LogP contribution is 2.29. The van der Waals surface area contributed by atoms with E-state index >= 15 is 0 Å². The Labute approximate surface area is 108 Å². The topological polar surface area (TPSA) is 39.2 Å². The van der Waals surface area contributed by atoms with Gasteiger partial charge in [0.05, 0.1) is 18.2 Å². The van der Waals surface area contributed by atoms with Crippen LogP contribution in [0.4, 0.5) is 0 Å². The van der Waals surface area contributed by atoms with Crippen LogP contribution in [0.3, 0.4) is 0 Å². The Bertz CT molecular complexity index is 465. The Kier molecular flexibility index (Phi) is 4.13. The number of allylic oxidation sites excluding steroid dienone is 2. The number of hydrogen-bond acceptors (Lipinski definition) is 3. The third kappa shape index (κ3) is 2.97. The van der Waals surface area contributed by atoms with Gasteiger partial charge < -0.3 is 4.74 Å². The molecule has 2 rings (SSSR count). The van der Waals surface area contributed by atoms with Gasteiger partial charge in [-0.05, 0) is 50.8 Å². The van der Waals surface area contributed by atoms with E-state index in [9.17, 15) is 4.79 Å². The molecule has 1 aromatic rings. The van der Waals surface area contributed by atoms with Crippen LogP contribution in [0.15, 0.2) is 24.3 Å². The van der Waals surface area contributed by atoms with E-state index in [-0.39, 0.29) is 11.9 Å². The van der Waals surface area contributed by atoms with Crippen molar-refractivity contribution in [1.29, 1.82) is 0 Å². The van der Waals surface area contributed by atoms with Crippen molar-refractivity contribution in [2.45, 2.75) is 33.1 Å². The van der Waals surface area contributed by atoms with E-state index in [0.29, 0.717) is 6.61 Å². The number of carbonyl (C=O) groups excluding carboxylic acids is 1. The van der Waals surface area contributed by atoms with E-state index in [1.54, 1.807) is 0 Å². The van der Waals surface area contributed by atoms with E-state index in [0.717, 1.165) is 30.7 Å². The number of nitrogens with zero attached hydrogens (tertiary/aromatic N) is 1. The molecule has 0 aliphatic heterocycles. The molecule has 0 saturated heterocycles. The maximum absolute atomic E-state index is 11.6. The van der Waals surface area contributed by atoms with Gasteiger partial charge in [0.1, 0.15) is 0 Å². The zero-order valence-corrected chi connectivity index (χ0v) is 11.0. The fraction of sp³-hybridized carbons (Fsp3) is 0.467. The van der Waals surface area contributed by atoms with Crippen molar-refractivity contribution >= 4 is 11.5 Å². The summed E-state index contributed by atoms with van der Waals surface area (Å²) in [6, 6.07) is 6.05. The number of ether oxygens (including phenoxy) is 1. The SMILES string of the molecule is CCOC(=O)[C@@H]1CC=C(c2cccc(C)n2)CC1. The maximum Gasteiger partial charge on any atom is 0.309 e. The summed E-state index contributed by atoms with van der Waals surface area (Å²) in [5, 5.41) is 0. The summed E-state index contributed by atoms with van der Waals surface area (Å²) in [5.41, 5.74) is 3.32. The molecule has 0 spiro atoms. The number of carbonyl (C=O) groups is 1. The minimum atomic E-state index is -0.0648. The molecule has 18 heavy (non-hydrogen) atoms. The summed E-state index contributed by atoms with van der Waals surface area (Å²) < 4.78 is 5.06. The van der Waals surface area contributed by atoms with Gasteiger partial charge in [-0.2, -0.15) is 0 Å². The molecule has 0 saturated carbocycles. The molecule has 0 fully saturated rings. The van der Waals surface area contributed by atoms with Crippen molar-refractivity contribution in [1.82, 2.24) is 4.98 Å². The largest absolute Gasteiger partial charge is 0.466 e. The number of aryl methyl sites for hydroxylation is 1. The van der Waals surface area contributed by atoms with Gasteiger partial charge >= 0.3 is 5.97 Å². The number of aromatic nitrogens is 1. The van der Waals surface area contributed by atoms with Gasteiger partial charge in [-0.25, -0.2) is 0 Å². The lowest BCUT2D eigenvalue weighted by Crippen LogP contribution is -2.19. The molecule has 0 radical (unpaired) electrons. The second kappa shape index (κ2) is 5.80. The minimum Gasteiger partial charge on any atom is -0.466 e. The highest BCUT2D eigenvalue weighted by molar-refractivity contribution is 5.75. The molecule has 1 atom stereocenters. The first-order valence-electron chi connectivity index (χ1n) is 6.50. The zero-order valence-electron chi connectivity index (χ0n) is 11.0. The van der Waals surface area contributed by atoms with E-state index in [1.807, 2.05) is 32.0 Å². The average Bonchev–Trinajstić information content (AvgIpc) is 2.39. The first-order chi connectivity index (χ1) is 8.70. The van der Waals surface area contributed by atoms with E-state index in [4.69, 9.17) is 4.74 Å². The van der Waals surface area contributed by atoms with Crippen molar-refractivity contribution in [2.75, 3.05) is 6.61 Å². The van der Waals surface area contributed by atoms with E-state index < -0.39 is 0 Å². The van der Waals surface area contributed by atoms with Gasteiger partial charge in [-0.1, -0.05) is 12.1 Å². The van der Waals surface area contributed by atoms with Crippen LogP contribution in [0.2, 0.25) is 0 Å². The number of esters is 1. The summed E-state index contributed by atoms with van der Waals surface area (Å²) in [7, 11) is 0. The van der Waals surface area contributed by atoms with Crippen LogP contribution >= 0.6 is 0 Å². The molecular weight excluding hydrogens is 226 g/mol. The van der Waals surface area contributed by atoms with Crippen molar-refractivity contribution in [3.8, 4) is 0 Å². The predicted octanol–water partition coefficient (Wildman–Crippen LogP) is 3.14. The molecule has 1 aromatic heterocycles. The van der Waals surface area contributed by atoms with Gasteiger partial charge in [0.25, 0.3) is 0 Å². The molecule has 1 aliphatic rings. The molecule has 96 valence electrons. The van der Waals surface area contributed by atoms with Crippen molar-refractivity contribution < 1.29 is 9.53 Å². The third-order valence-electron chi connectivity index (χ3n) is 3.25. The number of rotatable bonds is 3. The highest BCUT2D eigenvalue weighted by atomic mass is 16.5. The van der Waals surface area contributed by atoms with E-state index in [2.05, 4.69) is 11.1 Å². The normalized spacial score (nSPS) is 19.2. The molecule has 0 aromatic carbocycles. The Balaban J connectivity index is 2.05. The van der Waals surface area contributed by atoms with Crippen LogP contribution in [-0.2, 0) is 9.53 Å². The van der Waals surface area contributed by atoms with Crippen molar-refractivity contribution in [3.63, 3.8) is 0 Å². The van der Waals surface area contributed by atoms with Gasteiger partial charge in [0.15, 0.2) is 0 Å². The Morgan fingerprint density at radius 1 is 1.50 bits per heavy atom. The fourth-order valence-corrected chi connectivity index (χ4v) is 2.26. The number of hydrogen-bond donors (Lipinski definition) is 0. The second-order valence-electron chi connectivity index (χ2n) is 4.62. The van der Waals surface area contributed by atoms with Crippen molar-refractivity contribution in [2.24, 2.45) is 5.92 Å². The molecule has 3 nitrogen and oxygen atoms in total. The molecule has 0 bridgehead atoms. The fourth-order valence-electron chi connectivity index (χ4n) is 2.26. The Hall–Kier alpha value is -1.64. The maximum atomic E-state index is 11.6. The van der Waals surface area contributed by atoms with Crippen LogP contribution in [0.1, 0.15) is 37.6 Å². The van der Waals surface area contributed by atoms with Crippen LogP contribution in [-0.4, -0.2) is 17.6 Å². The van der Waals surface area contributed by atoms with Gasteiger partial charge in [0, 0.05) is 5.69 Å². The zero-order chi connectivity index (χ0) is 13.0. The van der Waals surface area contributed by atoms with E-state index in [1.165, 1.54) is 5.57 Å². The lowest BCUT2D eigenvalue weighted by atomic mass is 9.88. The lowest BCUT2D eigenvalue weighted by molar-refractivity contribution is -0.148. The Morgan fingerprint density at radius 3 is 2.94 bits per heavy atom. The lowest BCUT2D eigenvalue weighted by Gasteiger charge is -2.20.